The van der Waals surface area contributed by atoms with Gasteiger partial charge < -0.3 is 10.1 Å². The summed E-state index contributed by atoms with van der Waals surface area (Å²) in [4.78, 5) is 12.4. The van der Waals surface area contributed by atoms with Gasteiger partial charge in [-0.25, -0.2) is 0 Å². The number of nitrogens with one attached hydrogen (secondary N) is 1. The third kappa shape index (κ3) is 5.41. The van der Waals surface area contributed by atoms with E-state index in [2.05, 4.69) is 19.2 Å². The molecular weight excluding hydrogens is 298 g/mol. The van der Waals surface area contributed by atoms with Gasteiger partial charge in [-0.1, -0.05) is 55.8 Å². The second-order valence-corrected chi connectivity index (χ2v) is 6.69. The van der Waals surface area contributed by atoms with Gasteiger partial charge in [-0.15, -0.1) is 0 Å². The molecule has 0 saturated carbocycles. The average Bonchev–Trinajstić information content (AvgIpc) is 2.56. The Bertz CT molecular complexity index is 645. The number of benzene rings is 2. The zero-order valence-corrected chi connectivity index (χ0v) is 15.0. The Kier molecular flexibility index (Phi) is 6.42. The summed E-state index contributed by atoms with van der Waals surface area (Å²) in [5.74, 6) is 1.38. The summed E-state index contributed by atoms with van der Waals surface area (Å²) in [6, 6.07) is 16.1. The first-order valence-electron chi connectivity index (χ1n) is 8.46. The van der Waals surface area contributed by atoms with E-state index in [1.54, 1.807) is 7.11 Å². The lowest BCUT2D eigenvalue weighted by Crippen LogP contribution is -2.30. The molecule has 0 saturated heterocycles. The van der Waals surface area contributed by atoms with Crippen LogP contribution in [0.25, 0.3) is 0 Å². The molecule has 0 bridgehead atoms. The standard InChI is InChI=1S/C21H27NO2/c1-15(2)13-20(18-9-11-19(24-4)12-10-18)22-21(23)14-17-7-5-16(3)6-8-17/h5-12,15,20H,13-14H2,1-4H3,(H,22,23)/t20-/m0/s1. The number of carbonyl (C=O) groups is 1. The molecule has 0 fully saturated rings. The third-order valence-corrected chi connectivity index (χ3v) is 4.05. The van der Waals surface area contributed by atoms with Crippen molar-refractivity contribution in [3.05, 3.63) is 65.2 Å². The van der Waals surface area contributed by atoms with E-state index < -0.39 is 0 Å². The summed E-state index contributed by atoms with van der Waals surface area (Å²) in [5, 5.41) is 3.19. The summed E-state index contributed by atoms with van der Waals surface area (Å²) in [6.07, 6.45) is 1.32. The number of ether oxygens (including phenoxy) is 1. The van der Waals surface area contributed by atoms with E-state index in [1.165, 1.54) is 5.56 Å². The minimum atomic E-state index is 0.0221. The Morgan fingerprint density at radius 2 is 1.67 bits per heavy atom. The number of rotatable bonds is 7. The van der Waals surface area contributed by atoms with Gasteiger partial charge in [-0.2, -0.15) is 0 Å². The van der Waals surface area contributed by atoms with Crippen molar-refractivity contribution in [1.29, 1.82) is 0 Å². The molecular formula is C21H27NO2. The van der Waals surface area contributed by atoms with Crippen LogP contribution in [0.5, 0.6) is 5.75 Å². The molecule has 2 aromatic carbocycles. The highest BCUT2D eigenvalue weighted by molar-refractivity contribution is 5.79. The fourth-order valence-electron chi connectivity index (χ4n) is 2.72. The van der Waals surface area contributed by atoms with Crippen LogP contribution in [0.4, 0.5) is 0 Å². The van der Waals surface area contributed by atoms with Gasteiger partial charge in [-0.3, -0.25) is 4.79 Å². The molecule has 0 aliphatic carbocycles. The van der Waals surface area contributed by atoms with E-state index >= 15 is 0 Å². The summed E-state index contributed by atoms with van der Waals surface area (Å²) in [6.45, 7) is 6.39. The highest BCUT2D eigenvalue weighted by Crippen LogP contribution is 2.23. The van der Waals surface area contributed by atoms with Crippen LogP contribution in [0, 0.1) is 12.8 Å². The smallest absolute Gasteiger partial charge is 0.224 e. The highest BCUT2D eigenvalue weighted by Gasteiger charge is 2.16. The Morgan fingerprint density at radius 1 is 1.04 bits per heavy atom. The molecule has 1 N–H and O–H groups in total. The maximum Gasteiger partial charge on any atom is 0.224 e. The van der Waals surface area contributed by atoms with Gasteiger partial charge in [0.15, 0.2) is 0 Å². The van der Waals surface area contributed by atoms with Crippen molar-refractivity contribution >= 4 is 5.91 Å². The first kappa shape index (κ1) is 18.1. The fraction of sp³-hybridized carbons (Fsp3) is 0.381. The van der Waals surface area contributed by atoms with Crippen molar-refractivity contribution in [3.63, 3.8) is 0 Å². The number of carbonyl (C=O) groups excluding carboxylic acids is 1. The third-order valence-electron chi connectivity index (χ3n) is 4.05. The number of aryl methyl sites for hydroxylation is 1. The normalized spacial score (nSPS) is 12.0. The maximum atomic E-state index is 12.4. The molecule has 0 heterocycles. The van der Waals surface area contributed by atoms with Gasteiger partial charge in [0, 0.05) is 0 Å². The van der Waals surface area contributed by atoms with Gasteiger partial charge in [0.05, 0.1) is 19.6 Å². The van der Waals surface area contributed by atoms with Gasteiger partial charge in [0.25, 0.3) is 0 Å². The Hall–Kier alpha value is -2.29. The van der Waals surface area contributed by atoms with Crippen molar-refractivity contribution in [1.82, 2.24) is 5.32 Å². The molecule has 0 radical (unpaired) electrons. The molecule has 24 heavy (non-hydrogen) atoms. The number of hydrogen-bond donors (Lipinski definition) is 1. The number of hydrogen-bond acceptors (Lipinski definition) is 2. The fourth-order valence-corrected chi connectivity index (χ4v) is 2.72. The van der Waals surface area contributed by atoms with Crippen LogP contribution in [-0.2, 0) is 11.2 Å². The second kappa shape index (κ2) is 8.53. The molecule has 1 atom stereocenters. The average molecular weight is 325 g/mol. The van der Waals surface area contributed by atoms with E-state index in [9.17, 15) is 4.79 Å². The molecule has 3 heteroatoms. The molecule has 0 aromatic heterocycles. The summed E-state index contributed by atoms with van der Waals surface area (Å²) in [7, 11) is 1.66. The predicted molar refractivity (Wildman–Crippen MR) is 98.2 cm³/mol. The Balaban J connectivity index is 2.06. The highest BCUT2D eigenvalue weighted by atomic mass is 16.5. The molecule has 0 spiro atoms. The topological polar surface area (TPSA) is 38.3 Å². The number of amides is 1. The monoisotopic (exact) mass is 325 g/mol. The molecule has 3 nitrogen and oxygen atoms in total. The first-order valence-corrected chi connectivity index (χ1v) is 8.46. The van der Waals surface area contributed by atoms with Crippen LogP contribution in [0.1, 0.15) is 43.0 Å². The van der Waals surface area contributed by atoms with Crippen LogP contribution in [0.3, 0.4) is 0 Å². The summed E-state index contributed by atoms with van der Waals surface area (Å²) >= 11 is 0. The first-order chi connectivity index (χ1) is 11.5. The zero-order valence-electron chi connectivity index (χ0n) is 15.0. The molecule has 0 aliphatic rings. The molecule has 128 valence electrons. The largest absolute Gasteiger partial charge is 0.497 e. The van der Waals surface area contributed by atoms with Crippen molar-refractivity contribution in [3.8, 4) is 5.75 Å². The van der Waals surface area contributed by atoms with E-state index in [4.69, 9.17) is 4.74 Å². The van der Waals surface area contributed by atoms with Crippen molar-refractivity contribution in [2.45, 2.75) is 39.7 Å². The maximum absolute atomic E-state index is 12.4. The minimum absolute atomic E-state index is 0.0221. The van der Waals surface area contributed by atoms with Gasteiger partial charge in [0.2, 0.25) is 5.91 Å². The lowest BCUT2D eigenvalue weighted by atomic mass is 9.96. The molecule has 1 amide bonds. The molecule has 0 aliphatic heterocycles. The summed E-state index contributed by atoms with van der Waals surface area (Å²) < 4.78 is 5.21. The zero-order chi connectivity index (χ0) is 17.5. The lowest BCUT2D eigenvalue weighted by Gasteiger charge is -2.21. The summed E-state index contributed by atoms with van der Waals surface area (Å²) in [5.41, 5.74) is 3.35. The Morgan fingerprint density at radius 3 is 2.21 bits per heavy atom. The Labute approximate surface area is 145 Å². The second-order valence-electron chi connectivity index (χ2n) is 6.69. The van der Waals surface area contributed by atoms with Crippen LogP contribution in [-0.4, -0.2) is 13.0 Å². The van der Waals surface area contributed by atoms with E-state index in [0.717, 1.165) is 23.3 Å². The van der Waals surface area contributed by atoms with Crippen LogP contribution >= 0.6 is 0 Å². The van der Waals surface area contributed by atoms with Crippen molar-refractivity contribution < 1.29 is 9.53 Å². The number of methoxy groups -OCH3 is 1. The molecule has 0 unspecified atom stereocenters. The predicted octanol–water partition coefficient (Wildman–Crippen LogP) is 4.45. The van der Waals surface area contributed by atoms with Crippen molar-refractivity contribution in [2.75, 3.05) is 7.11 Å². The van der Waals surface area contributed by atoms with Gasteiger partial charge in [-0.05, 0) is 42.5 Å². The quantitative estimate of drug-likeness (QED) is 0.817. The SMILES string of the molecule is COc1ccc([C@H](CC(C)C)NC(=O)Cc2ccc(C)cc2)cc1. The van der Waals surface area contributed by atoms with Crippen LogP contribution in [0.2, 0.25) is 0 Å². The van der Waals surface area contributed by atoms with E-state index in [0.29, 0.717) is 12.3 Å². The molecule has 2 aromatic rings. The van der Waals surface area contributed by atoms with Crippen molar-refractivity contribution in [2.24, 2.45) is 5.92 Å². The van der Waals surface area contributed by atoms with Crippen LogP contribution in [0.15, 0.2) is 48.5 Å². The van der Waals surface area contributed by atoms with E-state index in [-0.39, 0.29) is 11.9 Å². The van der Waals surface area contributed by atoms with Gasteiger partial charge in [0.1, 0.15) is 5.75 Å². The van der Waals surface area contributed by atoms with Crippen LogP contribution < -0.4 is 10.1 Å². The van der Waals surface area contributed by atoms with Gasteiger partial charge >= 0.3 is 0 Å². The minimum Gasteiger partial charge on any atom is -0.497 e. The van der Waals surface area contributed by atoms with E-state index in [1.807, 2.05) is 55.5 Å². The lowest BCUT2D eigenvalue weighted by molar-refractivity contribution is -0.121. The molecule has 2 rings (SSSR count).